The van der Waals surface area contributed by atoms with Gasteiger partial charge in [-0.2, -0.15) is 0 Å². The number of hydrogen-bond donors (Lipinski definition) is 1. The van der Waals surface area contributed by atoms with Crippen molar-refractivity contribution in [3.05, 3.63) is 0 Å². The van der Waals surface area contributed by atoms with Crippen molar-refractivity contribution in [2.45, 2.75) is 59.5 Å². The molecule has 0 bridgehead atoms. The van der Waals surface area contributed by atoms with Crippen molar-refractivity contribution in [1.29, 1.82) is 0 Å². The summed E-state index contributed by atoms with van der Waals surface area (Å²) < 4.78 is 5.47. The maximum absolute atomic E-state index is 5.47. The molecule has 1 heterocycles. The number of rotatable bonds is 9. The SMILES string of the molecule is CCCC(C)(CNCC(C)C)CN1CCC(OC)CC1. The Balaban J connectivity index is 2.40. The van der Waals surface area contributed by atoms with Crippen molar-refractivity contribution < 1.29 is 4.74 Å². The fraction of sp³-hybridized carbons (Fsp3) is 1.00. The summed E-state index contributed by atoms with van der Waals surface area (Å²) in [4.78, 5) is 2.64. The van der Waals surface area contributed by atoms with E-state index in [9.17, 15) is 0 Å². The van der Waals surface area contributed by atoms with Gasteiger partial charge in [-0.1, -0.05) is 34.1 Å². The zero-order valence-corrected chi connectivity index (χ0v) is 14.4. The standard InChI is InChI=1S/C17H36N2O/c1-6-9-17(4,13-18-12-15(2)3)14-19-10-7-16(20-5)8-11-19/h15-16,18H,6-14H2,1-5H3. The zero-order valence-electron chi connectivity index (χ0n) is 14.4. The number of nitrogens with zero attached hydrogens (tertiary/aromatic N) is 1. The van der Waals surface area contributed by atoms with E-state index in [1.54, 1.807) is 0 Å². The lowest BCUT2D eigenvalue weighted by atomic mass is 9.84. The lowest BCUT2D eigenvalue weighted by Crippen LogP contribution is -2.46. The highest BCUT2D eigenvalue weighted by Crippen LogP contribution is 2.26. The van der Waals surface area contributed by atoms with Gasteiger partial charge in [0.25, 0.3) is 0 Å². The van der Waals surface area contributed by atoms with Crippen LogP contribution in [0, 0.1) is 11.3 Å². The molecule has 0 aromatic carbocycles. The molecular formula is C17H36N2O. The summed E-state index contributed by atoms with van der Waals surface area (Å²) in [5.41, 5.74) is 0.406. The smallest absolute Gasteiger partial charge is 0.0595 e. The molecule has 0 aromatic heterocycles. The van der Waals surface area contributed by atoms with Crippen LogP contribution in [0.15, 0.2) is 0 Å². The molecule has 1 unspecified atom stereocenters. The van der Waals surface area contributed by atoms with Gasteiger partial charge in [0.2, 0.25) is 0 Å². The zero-order chi connectivity index (χ0) is 15.0. The predicted octanol–water partition coefficient (Wildman–Crippen LogP) is 3.15. The average molecular weight is 284 g/mol. The molecule has 1 rings (SSSR count). The summed E-state index contributed by atoms with van der Waals surface area (Å²) in [6, 6.07) is 0. The van der Waals surface area contributed by atoms with Crippen molar-refractivity contribution in [1.82, 2.24) is 10.2 Å². The molecule has 1 atom stereocenters. The Bertz CT molecular complexity index is 249. The summed E-state index contributed by atoms with van der Waals surface area (Å²) in [6.07, 6.45) is 5.45. The van der Waals surface area contributed by atoms with E-state index < -0.39 is 0 Å². The Morgan fingerprint density at radius 2 is 1.95 bits per heavy atom. The van der Waals surface area contributed by atoms with Gasteiger partial charge in [-0.15, -0.1) is 0 Å². The molecule has 3 heteroatoms. The van der Waals surface area contributed by atoms with Crippen LogP contribution in [0.5, 0.6) is 0 Å². The summed E-state index contributed by atoms with van der Waals surface area (Å²) in [6.45, 7) is 15.2. The molecule has 0 aromatic rings. The molecule has 0 spiro atoms. The topological polar surface area (TPSA) is 24.5 Å². The number of piperidine rings is 1. The minimum atomic E-state index is 0.406. The number of nitrogens with one attached hydrogen (secondary N) is 1. The molecule has 1 N–H and O–H groups in total. The Labute approximate surface area is 126 Å². The van der Waals surface area contributed by atoms with Gasteiger partial charge in [0.15, 0.2) is 0 Å². The van der Waals surface area contributed by atoms with Gasteiger partial charge in [0.05, 0.1) is 6.10 Å². The van der Waals surface area contributed by atoms with Gasteiger partial charge in [-0.25, -0.2) is 0 Å². The second kappa shape index (κ2) is 9.01. The van der Waals surface area contributed by atoms with E-state index in [0.717, 1.165) is 19.0 Å². The van der Waals surface area contributed by atoms with Crippen LogP contribution in [-0.2, 0) is 4.74 Å². The second-order valence-corrected chi connectivity index (χ2v) is 7.30. The molecule has 1 fully saturated rings. The minimum Gasteiger partial charge on any atom is -0.381 e. The molecule has 1 saturated heterocycles. The number of methoxy groups -OCH3 is 1. The number of likely N-dealkylation sites (tertiary alicyclic amines) is 1. The third-order valence-electron chi connectivity index (χ3n) is 4.43. The summed E-state index contributed by atoms with van der Waals surface area (Å²) in [5, 5.41) is 3.67. The largest absolute Gasteiger partial charge is 0.381 e. The first kappa shape index (κ1) is 17.9. The van der Waals surface area contributed by atoms with Crippen LogP contribution in [-0.4, -0.2) is 50.8 Å². The first-order chi connectivity index (χ1) is 9.49. The summed E-state index contributed by atoms with van der Waals surface area (Å²) in [5.74, 6) is 0.735. The average Bonchev–Trinajstić information content (AvgIpc) is 2.39. The van der Waals surface area contributed by atoms with E-state index in [0.29, 0.717) is 11.5 Å². The first-order valence-electron chi connectivity index (χ1n) is 8.45. The van der Waals surface area contributed by atoms with E-state index >= 15 is 0 Å². The third-order valence-corrected chi connectivity index (χ3v) is 4.43. The van der Waals surface area contributed by atoms with Crippen LogP contribution in [0.25, 0.3) is 0 Å². The maximum atomic E-state index is 5.47. The molecule has 0 amide bonds. The lowest BCUT2D eigenvalue weighted by Gasteiger charge is -2.39. The van der Waals surface area contributed by atoms with E-state index in [1.165, 1.54) is 45.3 Å². The molecular weight excluding hydrogens is 248 g/mol. The highest BCUT2D eigenvalue weighted by molar-refractivity contribution is 4.83. The maximum Gasteiger partial charge on any atom is 0.0595 e. The molecule has 3 nitrogen and oxygen atoms in total. The van der Waals surface area contributed by atoms with Crippen LogP contribution in [0.4, 0.5) is 0 Å². The second-order valence-electron chi connectivity index (χ2n) is 7.30. The van der Waals surface area contributed by atoms with Crippen molar-refractivity contribution in [2.24, 2.45) is 11.3 Å². The number of hydrogen-bond acceptors (Lipinski definition) is 3. The monoisotopic (exact) mass is 284 g/mol. The lowest BCUT2D eigenvalue weighted by molar-refractivity contribution is 0.0267. The fourth-order valence-corrected chi connectivity index (χ4v) is 3.33. The van der Waals surface area contributed by atoms with Crippen LogP contribution in [0.2, 0.25) is 0 Å². The Hall–Kier alpha value is -0.120. The van der Waals surface area contributed by atoms with Crippen molar-refractivity contribution in [2.75, 3.05) is 39.8 Å². The summed E-state index contributed by atoms with van der Waals surface area (Å²) >= 11 is 0. The van der Waals surface area contributed by atoms with Gasteiger partial charge < -0.3 is 15.0 Å². The van der Waals surface area contributed by atoms with E-state index in [1.807, 2.05) is 7.11 Å². The van der Waals surface area contributed by atoms with Crippen LogP contribution in [0.3, 0.4) is 0 Å². The molecule has 120 valence electrons. The highest BCUT2D eigenvalue weighted by atomic mass is 16.5. The van der Waals surface area contributed by atoms with Crippen molar-refractivity contribution in [3.8, 4) is 0 Å². The normalized spacial score (nSPS) is 21.3. The van der Waals surface area contributed by atoms with Crippen LogP contribution < -0.4 is 5.32 Å². The van der Waals surface area contributed by atoms with Gasteiger partial charge in [-0.3, -0.25) is 0 Å². The van der Waals surface area contributed by atoms with Crippen LogP contribution >= 0.6 is 0 Å². The summed E-state index contributed by atoms with van der Waals surface area (Å²) in [7, 11) is 1.84. The van der Waals surface area contributed by atoms with E-state index in [2.05, 4.69) is 37.9 Å². The van der Waals surface area contributed by atoms with Gasteiger partial charge in [-0.05, 0) is 37.1 Å². The van der Waals surface area contributed by atoms with Gasteiger partial charge >= 0.3 is 0 Å². The highest BCUT2D eigenvalue weighted by Gasteiger charge is 2.28. The Morgan fingerprint density at radius 3 is 2.45 bits per heavy atom. The molecule has 1 aliphatic rings. The van der Waals surface area contributed by atoms with Crippen LogP contribution in [0.1, 0.15) is 53.4 Å². The van der Waals surface area contributed by atoms with E-state index in [4.69, 9.17) is 4.74 Å². The van der Waals surface area contributed by atoms with Gasteiger partial charge in [0.1, 0.15) is 0 Å². The van der Waals surface area contributed by atoms with Crippen molar-refractivity contribution >= 4 is 0 Å². The minimum absolute atomic E-state index is 0.406. The first-order valence-corrected chi connectivity index (χ1v) is 8.45. The third kappa shape index (κ3) is 6.55. The Kier molecular flexibility index (Phi) is 8.08. The quantitative estimate of drug-likeness (QED) is 0.704. The predicted molar refractivity (Wildman–Crippen MR) is 87.2 cm³/mol. The molecule has 20 heavy (non-hydrogen) atoms. The molecule has 0 saturated carbocycles. The Morgan fingerprint density at radius 1 is 1.30 bits per heavy atom. The number of ether oxygens (including phenoxy) is 1. The van der Waals surface area contributed by atoms with E-state index in [-0.39, 0.29) is 0 Å². The molecule has 0 radical (unpaired) electrons. The fourth-order valence-electron chi connectivity index (χ4n) is 3.33. The van der Waals surface area contributed by atoms with Gasteiger partial charge in [0, 0.05) is 33.3 Å². The van der Waals surface area contributed by atoms with Crippen molar-refractivity contribution in [3.63, 3.8) is 0 Å². The molecule has 0 aliphatic carbocycles. The molecule has 1 aliphatic heterocycles.